The number of carbonyl (C=O) groups is 2. The fraction of sp³-hybridized carbons (Fsp3) is 0.308. The number of piperidine rings is 1. The first-order valence-corrected chi connectivity index (χ1v) is 11.8. The molecule has 1 saturated heterocycles. The number of hydrogen-bond acceptors (Lipinski definition) is 7. The van der Waals surface area contributed by atoms with Crippen LogP contribution >= 0.6 is 0 Å². The fourth-order valence-electron chi connectivity index (χ4n) is 4.01. The zero-order valence-corrected chi connectivity index (χ0v) is 19.9. The summed E-state index contributed by atoms with van der Waals surface area (Å²) in [7, 11) is 2.11. The van der Waals surface area contributed by atoms with E-state index in [2.05, 4.69) is 32.5 Å². The van der Waals surface area contributed by atoms with Gasteiger partial charge in [0.25, 0.3) is 0 Å². The van der Waals surface area contributed by atoms with Crippen molar-refractivity contribution in [3.05, 3.63) is 72.1 Å². The number of anilines is 1. The molecule has 3 aromatic rings. The first-order chi connectivity index (χ1) is 17.0. The Balaban J connectivity index is 1.23. The molecule has 0 bridgehead atoms. The van der Waals surface area contributed by atoms with Crippen LogP contribution in [0.3, 0.4) is 0 Å². The lowest BCUT2D eigenvalue weighted by Gasteiger charge is -2.34. The van der Waals surface area contributed by atoms with Crippen molar-refractivity contribution in [2.75, 3.05) is 38.5 Å². The number of allylic oxidation sites excluding steroid dienone is 1. The van der Waals surface area contributed by atoms with E-state index in [0.29, 0.717) is 36.1 Å². The number of rotatable bonds is 8. The lowest BCUT2D eigenvalue weighted by atomic mass is 10.1. The zero-order valence-electron chi connectivity index (χ0n) is 19.9. The number of nitrogens with one attached hydrogen (secondary N) is 2. The monoisotopic (exact) mass is 473 g/mol. The maximum Gasteiger partial charge on any atom is 0.319 e. The Morgan fingerprint density at radius 2 is 1.83 bits per heavy atom. The average Bonchev–Trinajstić information content (AvgIpc) is 2.88. The number of urea groups is 1. The summed E-state index contributed by atoms with van der Waals surface area (Å²) in [6, 6.07) is 14.4. The molecule has 2 amide bonds. The van der Waals surface area contributed by atoms with E-state index >= 15 is 0 Å². The molecule has 1 aliphatic rings. The van der Waals surface area contributed by atoms with Crippen LogP contribution < -0.4 is 16.5 Å². The first-order valence-electron chi connectivity index (χ1n) is 11.8. The van der Waals surface area contributed by atoms with E-state index in [9.17, 15) is 9.59 Å². The third-order valence-electron chi connectivity index (χ3n) is 6.11. The van der Waals surface area contributed by atoms with Gasteiger partial charge in [-0.3, -0.25) is 15.6 Å². The van der Waals surface area contributed by atoms with Crippen molar-refractivity contribution in [3.63, 3.8) is 0 Å². The Bertz CT molecular complexity index is 1190. The van der Waals surface area contributed by atoms with Crippen LogP contribution in [-0.4, -0.2) is 71.0 Å². The largest absolute Gasteiger partial charge is 0.337 e. The molecule has 35 heavy (non-hydrogen) atoms. The zero-order chi connectivity index (χ0) is 24.6. The van der Waals surface area contributed by atoms with Crippen molar-refractivity contribution >= 4 is 34.6 Å². The Morgan fingerprint density at radius 3 is 2.57 bits per heavy atom. The number of ketones is 1. The predicted octanol–water partition coefficient (Wildman–Crippen LogP) is 2.92. The van der Waals surface area contributed by atoms with Crippen molar-refractivity contribution in [2.45, 2.75) is 18.9 Å². The molecule has 0 spiro atoms. The number of likely N-dealkylation sites (tertiary alicyclic amines) is 1. The van der Waals surface area contributed by atoms with Crippen molar-refractivity contribution in [3.8, 4) is 0 Å². The van der Waals surface area contributed by atoms with Gasteiger partial charge in [0.05, 0.1) is 22.9 Å². The summed E-state index contributed by atoms with van der Waals surface area (Å²) in [6.45, 7) is 3.12. The molecule has 1 fully saturated rings. The Hall–Kier alpha value is -3.66. The van der Waals surface area contributed by atoms with Gasteiger partial charge in [0.1, 0.15) is 0 Å². The number of carbonyl (C=O) groups excluding carboxylic acids is 2. The highest BCUT2D eigenvalue weighted by atomic mass is 16.2. The van der Waals surface area contributed by atoms with Gasteiger partial charge in [-0.1, -0.05) is 12.1 Å². The van der Waals surface area contributed by atoms with Crippen molar-refractivity contribution < 1.29 is 9.59 Å². The minimum absolute atomic E-state index is 0.159. The van der Waals surface area contributed by atoms with Crippen LogP contribution in [-0.2, 0) is 0 Å². The third kappa shape index (κ3) is 6.92. The van der Waals surface area contributed by atoms with Gasteiger partial charge in [0.2, 0.25) is 0 Å². The molecule has 1 aliphatic heterocycles. The predicted molar refractivity (Wildman–Crippen MR) is 138 cm³/mol. The molecular formula is C26H31N7O2. The van der Waals surface area contributed by atoms with E-state index in [1.807, 2.05) is 29.3 Å². The molecule has 0 aliphatic carbocycles. The van der Waals surface area contributed by atoms with Crippen molar-refractivity contribution in [2.24, 2.45) is 5.84 Å². The number of aromatic nitrogens is 2. The molecule has 0 atom stereocenters. The number of para-hydroxylation sites is 2. The maximum atomic E-state index is 12.5. The van der Waals surface area contributed by atoms with Gasteiger partial charge in [-0.25, -0.2) is 14.8 Å². The summed E-state index contributed by atoms with van der Waals surface area (Å²) < 4.78 is 0. The Morgan fingerprint density at radius 1 is 1.11 bits per heavy atom. The Kier molecular flexibility index (Phi) is 8.15. The molecular weight excluding hydrogens is 442 g/mol. The number of amides is 2. The smallest absolute Gasteiger partial charge is 0.319 e. The summed E-state index contributed by atoms with van der Waals surface area (Å²) in [5.41, 5.74) is 3.30. The van der Waals surface area contributed by atoms with E-state index < -0.39 is 0 Å². The topological polar surface area (TPSA) is 116 Å². The lowest BCUT2D eigenvalue weighted by molar-refractivity contribution is 0.104. The molecule has 4 rings (SSSR count). The van der Waals surface area contributed by atoms with Crippen LogP contribution in [0.4, 0.5) is 10.5 Å². The van der Waals surface area contributed by atoms with Crippen molar-refractivity contribution in [1.29, 1.82) is 0 Å². The van der Waals surface area contributed by atoms with Crippen LogP contribution in [0, 0.1) is 0 Å². The van der Waals surface area contributed by atoms with Crippen molar-refractivity contribution in [1.82, 2.24) is 25.2 Å². The van der Waals surface area contributed by atoms with Gasteiger partial charge < -0.3 is 15.5 Å². The van der Waals surface area contributed by atoms with Crippen LogP contribution in [0.1, 0.15) is 28.9 Å². The van der Waals surface area contributed by atoms with Gasteiger partial charge in [0.15, 0.2) is 5.78 Å². The van der Waals surface area contributed by atoms with Crippen LogP contribution in [0.25, 0.3) is 17.1 Å². The molecule has 9 heteroatoms. The van der Waals surface area contributed by atoms with Gasteiger partial charge in [-0.2, -0.15) is 0 Å². The van der Waals surface area contributed by atoms with Gasteiger partial charge in [-0.05, 0) is 81.5 Å². The first kappa shape index (κ1) is 24.5. The number of nitrogens with zero attached hydrogens (tertiary/aromatic N) is 4. The quantitative estimate of drug-likeness (QED) is 0.199. The highest BCUT2D eigenvalue weighted by Gasteiger charge is 2.20. The fourth-order valence-corrected chi connectivity index (χ4v) is 4.01. The van der Waals surface area contributed by atoms with Gasteiger partial charge >= 0.3 is 6.03 Å². The van der Waals surface area contributed by atoms with Gasteiger partial charge in [0, 0.05) is 30.4 Å². The van der Waals surface area contributed by atoms with E-state index in [4.69, 9.17) is 5.84 Å². The molecule has 4 N–H and O–H groups in total. The molecule has 0 radical (unpaired) electrons. The molecule has 1 aromatic heterocycles. The number of nitrogens with two attached hydrogens (primary N) is 1. The maximum absolute atomic E-state index is 12.5. The summed E-state index contributed by atoms with van der Waals surface area (Å²) in [4.78, 5) is 35.8. The lowest BCUT2D eigenvalue weighted by Crippen LogP contribution is -2.50. The number of benzene rings is 2. The second-order valence-corrected chi connectivity index (χ2v) is 8.71. The molecule has 2 aromatic carbocycles. The minimum atomic E-state index is -0.310. The minimum Gasteiger partial charge on any atom is -0.337 e. The molecule has 2 heterocycles. The van der Waals surface area contributed by atoms with Crippen LogP contribution in [0.2, 0.25) is 0 Å². The normalized spacial score (nSPS) is 15.1. The van der Waals surface area contributed by atoms with E-state index in [-0.39, 0.29) is 11.8 Å². The van der Waals surface area contributed by atoms with Gasteiger partial charge in [-0.15, -0.1) is 0 Å². The van der Waals surface area contributed by atoms with Crippen LogP contribution in [0.5, 0.6) is 0 Å². The van der Waals surface area contributed by atoms with E-state index in [1.165, 1.54) is 6.08 Å². The number of hydrogen-bond donors (Lipinski definition) is 3. The number of hydrazine groups is 1. The summed E-state index contributed by atoms with van der Waals surface area (Å²) >= 11 is 0. The second-order valence-electron chi connectivity index (χ2n) is 8.71. The van der Waals surface area contributed by atoms with Crippen LogP contribution in [0.15, 0.2) is 60.8 Å². The highest BCUT2D eigenvalue weighted by molar-refractivity contribution is 6.07. The van der Waals surface area contributed by atoms with E-state index in [0.717, 1.165) is 37.0 Å². The average molecular weight is 474 g/mol. The van der Waals surface area contributed by atoms with E-state index in [1.54, 1.807) is 36.5 Å². The standard InChI is InChI=1S/C26H31N7O2/c1-32-15-12-22(13-16-32)33(27)17-14-28-26(35)31-20-8-6-19(7-9-20)25(34)11-10-21-18-29-23-4-2-3-5-24(23)30-21/h2-11,18,22H,12-17,27H2,1H3,(H2,28,31,35)/b11-10+. The number of fused-ring (bicyclic) bond motifs is 1. The molecule has 182 valence electrons. The third-order valence-corrected chi connectivity index (χ3v) is 6.11. The molecule has 0 unspecified atom stereocenters. The summed E-state index contributed by atoms with van der Waals surface area (Å²) in [6.07, 6.45) is 6.82. The summed E-state index contributed by atoms with van der Waals surface area (Å²) in [5.74, 6) is 6.00. The molecule has 0 saturated carbocycles. The molecule has 9 nitrogen and oxygen atoms in total. The SMILES string of the molecule is CN1CCC(N(N)CCNC(=O)Nc2ccc(C(=O)/C=C/c3cnc4ccccc4n3)cc2)CC1. The highest BCUT2D eigenvalue weighted by Crippen LogP contribution is 2.14. The second kappa shape index (κ2) is 11.7. The summed E-state index contributed by atoms with van der Waals surface area (Å²) in [5, 5.41) is 7.43. The Labute approximate surface area is 205 Å².